The Morgan fingerprint density at radius 1 is 0.294 bits per heavy atom. The van der Waals surface area contributed by atoms with Crippen LogP contribution in [0.1, 0.15) is 11.1 Å². The van der Waals surface area contributed by atoms with E-state index in [0.29, 0.717) is 0 Å². The van der Waals surface area contributed by atoms with Gasteiger partial charge in [0.05, 0.1) is 11.0 Å². The third kappa shape index (κ3) is 4.70. The standard InChI is InChI=1S/C50H35N/c1-32-12-3-4-15-39(32)46-31-38(25-22-33(46)2)51-49-21-10-9-20-45(49)48-30-37(24-27-50(48)51)35-14-11-13-34(28-35)36-23-26-44-42-18-6-5-16-40(42)41-17-7-8-19-43(41)47(44)29-36/h3-31H,1-2H3. The first-order chi connectivity index (χ1) is 25.1. The molecule has 0 aliphatic carbocycles. The van der Waals surface area contributed by atoms with E-state index in [1.807, 2.05) is 0 Å². The van der Waals surface area contributed by atoms with E-state index in [1.165, 1.54) is 104 Å². The first-order valence-corrected chi connectivity index (χ1v) is 17.8. The van der Waals surface area contributed by atoms with Gasteiger partial charge < -0.3 is 4.57 Å². The molecular formula is C50H35N. The molecule has 1 heteroatoms. The topological polar surface area (TPSA) is 4.93 Å². The molecule has 0 saturated carbocycles. The number of fused-ring (bicyclic) bond motifs is 9. The Labute approximate surface area is 297 Å². The van der Waals surface area contributed by atoms with Crippen molar-refractivity contribution in [3.63, 3.8) is 0 Å². The molecule has 51 heavy (non-hydrogen) atoms. The second-order valence-electron chi connectivity index (χ2n) is 13.8. The van der Waals surface area contributed by atoms with Gasteiger partial charge in [-0.15, -0.1) is 0 Å². The van der Waals surface area contributed by atoms with E-state index in [-0.39, 0.29) is 0 Å². The summed E-state index contributed by atoms with van der Waals surface area (Å²) in [5.74, 6) is 0. The molecule has 0 saturated heterocycles. The minimum absolute atomic E-state index is 1.18. The Morgan fingerprint density at radius 2 is 0.804 bits per heavy atom. The molecule has 10 rings (SSSR count). The summed E-state index contributed by atoms with van der Waals surface area (Å²) in [7, 11) is 0. The Morgan fingerprint density at radius 3 is 1.51 bits per heavy atom. The average molecular weight is 650 g/mol. The zero-order valence-electron chi connectivity index (χ0n) is 28.7. The predicted octanol–water partition coefficient (Wildman–Crippen LogP) is 13.9. The first-order valence-electron chi connectivity index (χ1n) is 17.8. The highest BCUT2D eigenvalue weighted by Gasteiger charge is 2.16. The van der Waals surface area contributed by atoms with Crippen LogP contribution in [0.3, 0.4) is 0 Å². The van der Waals surface area contributed by atoms with Crippen molar-refractivity contribution in [2.75, 3.05) is 0 Å². The summed E-state index contributed by atoms with van der Waals surface area (Å²) < 4.78 is 2.43. The molecule has 0 aliphatic heterocycles. The number of aromatic nitrogens is 1. The highest BCUT2D eigenvalue weighted by molar-refractivity contribution is 6.25. The Balaban J connectivity index is 1.10. The second kappa shape index (κ2) is 11.6. The van der Waals surface area contributed by atoms with E-state index in [0.717, 1.165) is 0 Å². The van der Waals surface area contributed by atoms with Gasteiger partial charge >= 0.3 is 0 Å². The first kappa shape index (κ1) is 29.5. The summed E-state index contributed by atoms with van der Waals surface area (Å²) in [6.45, 7) is 4.40. The molecule has 0 fully saturated rings. The molecule has 0 atom stereocenters. The monoisotopic (exact) mass is 649 g/mol. The fraction of sp³-hybridized carbons (Fsp3) is 0.0400. The fourth-order valence-electron chi connectivity index (χ4n) is 8.31. The Hall–Kier alpha value is -6.44. The largest absolute Gasteiger partial charge is 0.309 e. The molecule has 0 N–H and O–H groups in total. The van der Waals surface area contributed by atoms with Crippen LogP contribution in [0.2, 0.25) is 0 Å². The van der Waals surface area contributed by atoms with Crippen molar-refractivity contribution in [2.24, 2.45) is 0 Å². The van der Waals surface area contributed by atoms with Crippen LogP contribution in [-0.2, 0) is 0 Å². The van der Waals surface area contributed by atoms with E-state index in [4.69, 9.17) is 0 Å². The molecule has 9 aromatic carbocycles. The number of hydrogen-bond acceptors (Lipinski definition) is 0. The lowest BCUT2D eigenvalue weighted by atomic mass is 9.91. The number of benzene rings is 9. The van der Waals surface area contributed by atoms with Crippen molar-refractivity contribution in [3.8, 4) is 39.1 Å². The molecule has 1 nitrogen and oxygen atoms in total. The van der Waals surface area contributed by atoms with Gasteiger partial charge in [0.25, 0.3) is 0 Å². The third-order valence-corrected chi connectivity index (χ3v) is 10.9. The van der Waals surface area contributed by atoms with Gasteiger partial charge in [-0.1, -0.05) is 133 Å². The van der Waals surface area contributed by atoms with E-state index >= 15 is 0 Å². The third-order valence-electron chi connectivity index (χ3n) is 10.9. The summed E-state index contributed by atoms with van der Waals surface area (Å²) in [5, 5.41) is 10.3. The van der Waals surface area contributed by atoms with Crippen LogP contribution in [0.25, 0.3) is 93.2 Å². The predicted molar refractivity (Wildman–Crippen MR) is 219 cm³/mol. The molecule has 0 bridgehead atoms. The van der Waals surface area contributed by atoms with Gasteiger partial charge in [0.15, 0.2) is 0 Å². The summed E-state index contributed by atoms with van der Waals surface area (Å²) in [6, 6.07) is 64.9. The van der Waals surface area contributed by atoms with Crippen LogP contribution >= 0.6 is 0 Å². The molecule has 0 amide bonds. The zero-order valence-corrected chi connectivity index (χ0v) is 28.7. The Kier molecular flexibility index (Phi) is 6.69. The van der Waals surface area contributed by atoms with Gasteiger partial charge in [0.2, 0.25) is 0 Å². The van der Waals surface area contributed by atoms with Crippen molar-refractivity contribution in [3.05, 3.63) is 187 Å². The number of aryl methyl sites for hydroxylation is 2. The summed E-state index contributed by atoms with van der Waals surface area (Å²) >= 11 is 0. The maximum absolute atomic E-state index is 2.43. The van der Waals surface area contributed by atoms with E-state index < -0.39 is 0 Å². The summed E-state index contributed by atoms with van der Waals surface area (Å²) in [5.41, 5.74) is 13.6. The van der Waals surface area contributed by atoms with E-state index in [9.17, 15) is 0 Å². The number of nitrogens with zero attached hydrogens (tertiary/aromatic N) is 1. The van der Waals surface area contributed by atoms with Crippen LogP contribution in [0.5, 0.6) is 0 Å². The Bertz CT molecular complexity index is 2960. The highest BCUT2D eigenvalue weighted by atomic mass is 15.0. The average Bonchev–Trinajstić information content (AvgIpc) is 3.52. The molecule has 0 aliphatic rings. The zero-order chi connectivity index (χ0) is 34.1. The van der Waals surface area contributed by atoms with Crippen molar-refractivity contribution >= 4 is 54.1 Å². The summed E-state index contributed by atoms with van der Waals surface area (Å²) in [6.07, 6.45) is 0. The van der Waals surface area contributed by atoms with Gasteiger partial charge in [0.1, 0.15) is 0 Å². The van der Waals surface area contributed by atoms with Crippen LogP contribution < -0.4 is 0 Å². The van der Waals surface area contributed by atoms with Crippen LogP contribution in [0.4, 0.5) is 0 Å². The van der Waals surface area contributed by atoms with Gasteiger partial charge in [-0.2, -0.15) is 0 Å². The van der Waals surface area contributed by atoms with Crippen molar-refractivity contribution in [2.45, 2.75) is 13.8 Å². The molecule has 10 aromatic rings. The molecule has 240 valence electrons. The van der Waals surface area contributed by atoms with Crippen LogP contribution in [0, 0.1) is 13.8 Å². The summed E-state index contributed by atoms with van der Waals surface area (Å²) in [4.78, 5) is 0. The molecule has 0 unspecified atom stereocenters. The van der Waals surface area contributed by atoms with Crippen molar-refractivity contribution < 1.29 is 0 Å². The van der Waals surface area contributed by atoms with E-state index in [1.54, 1.807) is 0 Å². The normalized spacial score (nSPS) is 11.7. The smallest absolute Gasteiger partial charge is 0.0541 e. The molecule has 1 aromatic heterocycles. The van der Waals surface area contributed by atoms with Gasteiger partial charge in [0, 0.05) is 16.5 Å². The minimum Gasteiger partial charge on any atom is -0.309 e. The number of para-hydroxylation sites is 1. The van der Waals surface area contributed by atoms with Gasteiger partial charge in [-0.3, -0.25) is 0 Å². The lowest BCUT2D eigenvalue weighted by Gasteiger charge is -2.14. The van der Waals surface area contributed by atoms with E-state index in [2.05, 4.69) is 194 Å². The number of hydrogen-bond donors (Lipinski definition) is 0. The molecule has 0 radical (unpaired) electrons. The fourth-order valence-corrected chi connectivity index (χ4v) is 8.31. The number of rotatable bonds is 4. The lowest BCUT2D eigenvalue weighted by Crippen LogP contribution is -1.96. The second-order valence-corrected chi connectivity index (χ2v) is 13.8. The van der Waals surface area contributed by atoms with Gasteiger partial charge in [-0.25, -0.2) is 0 Å². The maximum atomic E-state index is 2.43. The maximum Gasteiger partial charge on any atom is 0.0541 e. The van der Waals surface area contributed by atoms with Crippen molar-refractivity contribution in [1.82, 2.24) is 4.57 Å². The molecule has 0 spiro atoms. The van der Waals surface area contributed by atoms with Crippen molar-refractivity contribution in [1.29, 1.82) is 0 Å². The highest BCUT2D eigenvalue weighted by Crippen LogP contribution is 2.40. The quantitative estimate of drug-likeness (QED) is 0.167. The van der Waals surface area contributed by atoms with Gasteiger partial charge in [-0.05, 0) is 133 Å². The van der Waals surface area contributed by atoms with Crippen LogP contribution in [0.15, 0.2) is 176 Å². The SMILES string of the molecule is Cc1ccccc1-c1cc(-n2c3ccccc3c3cc(-c4cccc(-c5ccc6c7ccccc7c7ccccc7c6c5)c4)ccc32)ccc1C. The van der Waals surface area contributed by atoms with Crippen LogP contribution in [-0.4, -0.2) is 4.57 Å². The minimum atomic E-state index is 1.18. The molecule has 1 heterocycles. The lowest BCUT2D eigenvalue weighted by molar-refractivity contribution is 1.17. The molecular weight excluding hydrogens is 615 g/mol.